The van der Waals surface area contributed by atoms with E-state index in [0.717, 1.165) is 45.2 Å². The lowest BCUT2D eigenvalue weighted by atomic mass is 10.1. The van der Waals surface area contributed by atoms with Crippen LogP contribution in [0.3, 0.4) is 0 Å². The largest absolute Gasteiger partial charge is 0.476 e. The molecule has 38 heavy (non-hydrogen) atoms. The number of ether oxygens (including phenoxy) is 2. The van der Waals surface area contributed by atoms with Gasteiger partial charge in [-0.05, 0) is 53.8 Å². The summed E-state index contributed by atoms with van der Waals surface area (Å²) in [7, 11) is 3.94. The summed E-state index contributed by atoms with van der Waals surface area (Å²) in [5.74, 6) is 1.22. The summed E-state index contributed by atoms with van der Waals surface area (Å²) in [4.78, 5) is 11.7. The molecule has 1 N–H and O–H groups in total. The minimum atomic E-state index is -0.206. The third kappa shape index (κ3) is 4.56. The second-order valence-electron chi connectivity index (χ2n) is 10.0. The van der Waals surface area contributed by atoms with E-state index in [1.54, 1.807) is 4.68 Å². The molecule has 11 nitrogen and oxygen atoms in total. The summed E-state index contributed by atoms with van der Waals surface area (Å²) in [5.41, 5.74) is 6.83. The zero-order valence-electron chi connectivity index (χ0n) is 23.1. The molecule has 0 saturated carbocycles. The lowest BCUT2D eigenvalue weighted by Crippen LogP contribution is -2.32. The third-order valence-corrected chi connectivity index (χ3v) is 6.82. The van der Waals surface area contributed by atoms with Crippen LogP contribution in [0.25, 0.3) is 29.1 Å². The maximum absolute atomic E-state index is 9.96. The van der Waals surface area contributed by atoms with Crippen molar-refractivity contribution >= 4 is 17.8 Å². The van der Waals surface area contributed by atoms with Gasteiger partial charge in [0.25, 0.3) is 0 Å². The number of aliphatic hydroxyl groups excluding tert-OH is 1. The van der Waals surface area contributed by atoms with Crippen LogP contribution in [0.1, 0.15) is 55.2 Å². The highest BCUT2D eigenvalue weighted by Gasteiger charge is 2.25. The van der Waals surface area contributed by atoms with Gasteiger partial charge in [-0.25, -0.2) is 14.6 Å². The number of hydrogen-bond donors (Lipinski definition) is 1. The van der Waals surface area contributed by atoms with E-state index in [-0.39, 0.29) is 18.8 Å². The summed E-state index contributed by atoms with van der Waals surface area (Å²) < 4.78 is 18.1. The summed E-state index contributed by atoms with van der Waals surface area (Å²) in [5, 5.41) is 19.4. The predicted octanol–water partition coefficient (Wildman–Crippen LogP) is 3.28. The number of aliphatic hydroxyl groups is 1. The molecule has 0 fully saturated rings. The van der Waals surface area contributed by atoms with Gasteiger partial charge in [0.2, 0.25) is 11.8 Å². The molecule has 4 aromatic rings. The Morgan fingerprint density at radius 2 is 1.97 bits per heavy atom. The molecule has 2 unspecified atom stereocenters. The first-order valence-corrected chi connectivity index (χ1v) is 13.0. The van der Waals surface area contributed by atoms with Crippen LogP contribution in [0.4, 0.5) is 0 Å². The van der Waals surface area contributed by atoms with Crippen molar-refractivity contribution in [1.29, 1.82) is 0 Å². The molecule has 1 aliphatic heterocycles. The van der Waals surface area contributed by atoms with E-state index in [4.69, 9.17) is 19.6 Å². The molecule has 0 aliphatic carbocycles. The van der Waals surface area contributed by atoms with E-state index in [1.807, 2.05) is 68.4 Å². The minimum absolute atomic E-state index is 0.0302. The van der Waals surface area contributed by atoms with Crippen molar-refractivity contribution in [2.45, 2.75) is 53.3 Å². The zero-order chi connectivity index (χ0) is 27.1. The summed E-state index contributed by atoms with van der Waals surface area (Å²) in [6, 6.07) is -0.206. The maximum Gasteiger partial charge on any atom is 0.240 e. The molecule has 0 aromatic carbocycles. The molecule has 4 aromatic heterocycles. The molecule has 5 rings (SSSR count). The van der Waals surface area contributed by atoms with Gasteiger partial charge in [0.05, 0.1) is 65.0 Å². The molecule has 0 saturated heterocycles. The standard InChI is InChI=1S/C27H36N8O3/c1-8-37-26-21-10-9-20-11-28-25-19(5)29-22(13-34(20)25)24-18(4)30-33(7)27(24)38-17(3)12-32(6)14-23(21)35(31-26)16(2)15-36/h9-11,13,16-17,36H,8,12,14-15H2,1-7H3/b10-9+. The van der Waals surface area contributed by atoms with Crippen LogP contribution in [-0.2, 0) is 13.6 Å². The number of fused-ring (bicyclic) bond motifs is 4. The van der Waals surface area contributed by atoms with Crippen molar-refractivity contribution in [3.05, 3.63) is 40.7 Å². The molecular weight excluding hydrogens is 484 g/mol. The van der Waals surface area contributed by atoms with Crippen LogP contribution < -0.4 is 9.47 Å². The topological polar surface area (TPSA) is 108 Å². The lowest BCUT2D eigenvalue weighted by molar-refractivity contribution is 0.145. The van der Waals surface area contributed by atoms with Crippen molar-refractivity contribution < 1.29 is 14.6 Å². The van der Waals surface area contributed by atoms with Crippen molar-refractivity contribution in [2.75, 3.05) is 26.8 Å². The Morgan fingerprint density at radius 3 is 2.71 bits per heavy atom. The monoisotopic (exact) mass is 520 g/mol. The molecule has 202 valence electrons. The Balaban J connectivity index is 1.75. The Bertz CT molecular complexity index is 1500. The fourth-order valence-electron chi connectivity index (χ4n) is 5.10. The number of nitrogens with zero attached hydrogens (tertiary/aromatic N) is 8. The highest BCUT2D eigenvalue weighted by molar-refractivity contribution is 5.74. The molecule has 0 radical (unpaired) electrons. The molecular formula is C27H36N8O3. The number of likely N-dealkylation sites (N-methyl/N-ethyl adjacent to an activating group) is 1. The Labute approximate surface area is 222 Å². The van der Waals surface area contributed by atoms with Gasteiger partial charge in [0.15, 0.2) is 5.65 Å². The van der Waals surface area contributed by atoms with Crippen LogP contribution in [0.5, 0.6) is 11.8 Å². The third-order valence-electron chi connectivity index (χ3n) is 6.82. The molecule has 5 heterocycles. The second-order valence-corrected chi connectivity index (χ2v) is 10.0. The summed E-state index contributed by atoms with van der Waals surface area (Å²) >= 11 is 0. The van der Waals surface area contributed by atoms with Crippen molar-refractivity contribution in [3.63, 3.8) is 0 Å². The van der Waals surface area contributed by atoms with E-state index < -0.39 is 0 Å². The molecule has 0 spiro atoms. The first kappa shape index (κ1) is 25.9. The molecule has 0 amide bonds. The Kier molecular flexibility index (Phi) is 6.97. The summed E-state index contributed by atoms with van der Waals surface area (Å²) in [6.45, 7) is 11.6. The van der Waals surface area contributed by atoms with Gasteiger partial charge in [0.1, 0.15) is 6.10 Å². The van der Waals surface area contributed by atoms with E-state index in [9.17, 15) is 5.11 Å². The molecule has 2 bridgehead atoms. The second kappa shape index (κ2) is 10.2. The number of rotatable bonds is 4. The Hall–Kier alpha value is -3.70. The van der Waals surface area contributed by atoms with E-state index in [2.05, 4.69) is 29.0 Å². The van der Waals surface area contributed by atoms with Gasteiger partial charge >= 0.3 is 0 Å². The van der Waals surface area contributed by atoms with Gasteiger partial charge < -0.3 is 14.6 Å². The Morgan fingerprint density at radius 1 is 1.18 bits per heavy atom. The SMILES string of the molecule is CCOc1nn(C(C)CO)c2c1/C=C/c1cnc3c(C)nc(cn13)-c1c(C)nn(C)c1OC(C)CN(C)C2. The molecule has 11 heteroatoms. The van der Waals surface area contributed by atoms with Crippen molar-refractivity contribution in [2.24, 2.45) is 7.05 Å². The van der Waals surface area contributed by atoms with Gasteiger partial charge in [-0.2, -0.15) is 5.10 Å². The first-order valence-electron chi connectivity index (χ1n) is 13.0. The van der Waals surface area contributed by atoms with Crippen molar-refractivity contribution in [3.8, 4) is 23.0 Å². The average molecular weight is 521 g/mol. The quantitative estimate of drug-likeness (QED) is 0.437. The zero-order valence-corrected chi connectivity index (χ0v) is 23.1. The van der Waals surface area contributed by atoms with Crippen LogP contribution >= 0.6 is 0 Å². The van der Waals surface area contributed by atoms with Crippen LogP contribution in [-0.4, -0.2) is 76.8 Å². The number of hydrogen-bond acceptors (Lipinski definition) is 8. The van der Waals surface area contributed by atoms with E-state index in [0.29, 0.717) is 31.5 Å². The number of imidazole rings is 1. The highest BCUT2D eigenvalue weighted by Crippen LogP contribution is 2.34. The van der Waals surface area contributed by atoms with E-state index in [1.165, 1.54) is 0 Å². The van der Waals surface area contributed by atoms with Gasteiger partial charge in [0, 0.05) is 26.3 Å². The minimum Gasteiger partial charge on any atom is -0.476 e. The van der Waals surface area contributed by atoms with Crippen LogP contribution in [0.2, 0.25) is 0 Å². The van der Waals surface area contributed by atoms with Crippen LogP contribution in [0, 0.1) is 13.8 Å². The summed E-state index contributed by atoms with van der Waals surface area (Å²) in [6.07, 6.45) is 7.75. The average Bonchev–Trinajstić information content (AvgIpc) is 3.51. The highest BCUT2D eigenvalue weighted by atomic mass is 16.5. The maximum atomic E-state index is 9.96. The van der Waals surface area contributed by atoms with Gasteiger partial charge in [-0.3, -0.25) is 14.0 Å². The normalized spacial score (nSPS) is 17.9. The van der Waals surface area contributed by atoms with Gasteiger partial charge in [-0.1, -0.05) is 0 Å². The first-order chi connectivity index (χ1) is 18.2. The molecule has 1 aliphatic rings. The fourth-order valence-corrected chi connectivity index (χ4v) is 5.10. The van der Waals surface area contributed by atoms with E-state index >= 15 is 0 Å². The fraction of sp³-hybridized carbons (Fsp3) is 0.481. The van der Waals surface area contributed by atoms with Crippen LogP contribution in [0.15, 0.2) is 12.4 Å². The number of aromatic nitrogens is 7. The number of aryl methyl sites for hydroxylation is 3. The van der Waals surface area contributed by atoms with Crippen molar-refractivity contribution in [1.82, 2.24) is 38.8 Å². The van der Waals surface area contributed by atoms with Gasteiger partial charge in [-0.15, -0.1) is 5.10 Å². The smallest absolute Gasteiger partial charge is 0.240 e. The lowest BCUT2D eigenvalue weighted by Gasteiger charge is -2.24. The predicted molar refractivity (Wildman–Crippen MR) is 145 cm³/mol. The molecule has 2 atom stereocenters.